The van der Waals surface area contributed by atoms with Crippen LogP contribution in [0.1, 0.15) is 12.0 Å². The molecule has 0 aliphatic carbocycles. The summed E-state index contributed by atoms with van der Waals surface area (Å²) in [6.45, 7) is 2.33. The van der Waals surface area contributed by atoms with E-state index in [4.69, 9.17) is 0 Å². The molecule has 1 saturated heterocycles. The molecular formula is C15H23N3O3S. The molecule has 6 nitrogen and oxygen atoms in total. The van der Waals surface area contributed by atoms with Crippen LogP contribution in [0.5, 0.6) is 0 Å². The van der Waals surface area contributed by atoms with E-state index in [-0.39, 0.29) is 23.5 Å². The van der Waals surface area contributed by atoms with Crippen LogP contribution in [0.4, 0.5) is 16.2 Å². The fraction of sp³-hybridized carbons (Fsp3) is 0.533. The molecule has 1 fully saturated rings. The highest BCUT2D eigenvalue weighted by atomic mass is 32.2. The van der Waals surface area contributed by atoms with E-state index in [1.165, 1.54) is 0 Å². The van der Waals surface area contributed by atoms with Crippen molar-refractivity contribution in [3.05, 3.63) is 23.8 Å². The molecule has 122 valence electrons. The average molecular weight is 325 g/mol. The SMILES string of the molecule is Cc1cc(N(C)C)ccc1NC(=O)NC[C@H]1CCS(=O)(=O)C1. The van der Waals surface area contributed by atoms with Crippen LogP contribution in [0.3, 0.4) is 0 Å². The van der Waals surface area contributed by atoms with Crippen molar-refractivity contribution < 1.29 is 13.2 Å². The molecule has 1 atom stereocenters. The predicted octanol–water partition coefficient (Wildman–Crippen LogP) is 1.62. The Morgan fingerprint density at radius 1 is 1.36 bits per heavy atom. The Balaban J connectivity index is 1.87. The molecule has 1 aromatic rings. The fourth-order valence-electron chi connectivity index (χ4n) is 2.50. The van der Waals surface area contributed by atoms with Crippen LogP contribution in [0.25, 0.3) is 0 Å². The number of benzene rings is 1. The number of carbonyl (C=O) groups is 1. The summed E-state index contributed by atoms with van der Waals surface area (Å²) in [5, 5.41) is 5.55. The summed E-state index contributed by atoms with van der Waals surface area (Å²) < 4.78 is 22.8. The van der Waals surface area contributed by atoms with Crippen LogP contribution in [0, 0.1) is 12.8 Å². The smallest absolute Gasteiger partial charge is 0.319 e. The lowest BCUT2D eigenvalue weighted by Crippen LogP contribution is -2.33. The minimum atomic E-state index is -2.90. The summed E-state index contributed by atoms with van der Waals surface area (Å²) in [4.78, 5) is 13.9. The van der Waals surface area contributed by atoms with E-state index < -0.39 is 9.84 Å². The molecule has 0 saturated carbocycles. The first-order valence-electron chi connectivity index (χ1n) is 7.30. The first-order chi connectivity index (χ1) is 10.3. The molecule has 0 aromatic heterocycles. The van der Waals surface area contributed by atoms with Crippen LogP contribution in [0.2, 0.25) is 0 Å². The summed E-state index contributed by atoms with van der Waals surface area (Å²) in [7, 11) is 1.03. The number of urea groups is 1. The lowest BCUT2D eigenvalue weighted by Gasteiger charge is -2.16. The molecule has 1 aliphatic rings. The monoisotopic (exact) mass is 325 g/mol. The van der Waals surface area contributed by atoms with Crippen molar-refractivity contribution in [2.24, 2.45) is 5.92 Å². The van der Waals surface area contributed by atoms with Gasteiger partial charge in [0.1, 0.15) is 0 Å². The van der Waals surface area contributed by atoms with Crippen molar-refractivity contribution in [3.63, 3.8) is 0 Å². The van der Waals surface area contributed by atoms with Gasteiger partial charge in [0.2, 0.25) is 0 Å². The van der Waals surface area contributed by atoms with E-state index in [1.54, 1.807) is 0 Å². The van der Waals surface area contributed by atoms with Gasteiger partial charge in [0, 0.05) is 32.0 Å². The van der Waals surface area contributed by atoms with Crippen molar-refractivity contribution >= 4 is 27.2 Å². The van der Waals surface area contributed by atoms with Crippen LogP contribution >= 0.6 is 0 Å². The van der Waals surface area contributed by atoms with E-state index in [9.17, 15) is 13.2 Å². The standard InChI is InChI=1S/C15H23N3O3S/c1-11-8-13(18(2)3)4-5-14(11)17-15(19)16-9-12-6-7-22(20,21)10-12/h4-5,8,12H,6-7,9-10H2,1-3H3,(H2,16,17,19)/t12-/m1/s1. The Bertz CT molecular complexity index is 656. The Morgan fingerprint density at radius 3 is 2.64 bits per heavy atom. The molecule has 22 heavy (non-hydrogen) atoms. The van der Waals surface area contributed by atoms with Crippen molar-refractivity contribution in [1.82, 2.24) is 5.32 Å². The highest BCUT2D eigenvalue weighted by molar-refractivity contribution is 7.91. The average Bonchev–Trinajstić information content (AvgIpc) is 2.78. The third-order valence-corrected chi connectivity index (χ3v) is 5.69. The van der Waals surface area contributed by atoms with Crippen LogP contribution in [-0.4, -0.2) is 46.6 Å². The normalized spacial score (nSPS) is 19.7. The van der Waals surface area contributed by atoms with Gasteiger partial charge in [-0.3, -0.25) is 0 Å². The summed E-state index contributed by atoms with van der Waals surface area (Å²) >= 11 is 0. The largest absolute Gasteiger partial charge is 0.378 e. The lowest BCUT2D eigenvalue weighted by molar-refractivity contribution is 0.250. The molecule has 2 amide bonds. The first-order valence-corrected chi connectivity index (χ1v) is 9.12. The number of hydrogen-bond donors (Lipinski definition) is 2. The van der Waals surface area contributed by atoms with E-state index in [0.717, 1.165) is 16.9 Å². The van der Waals surface area contributed by atoms with Gasteiger partial charge in [-0.2, -0.15) is 0 Å². The van der Waals surface area contributed by atoms with Crippen molar-refractivity contribution in [2.45, 2.75) is 13.3 Å². The molecule has 1 aromatic carbocycles. The molecule has 2 rings (SSSR count). The third-order valence-electron chi connectivity index (χ3n) is 3.85. The van der Waals surface area contributed by atoms with E-state index >= 15 is 0 Å². The minimum Gasteiger partial charge on any atom is -0.378 e. The number of nitrogens with zero attached hydrogens (tertiary/aromatic N) is 1. The van der Waals surface area contributed by atoms with Crippen LogP contribution in [-0.2, 0) is 9.84 Å². The summed E-state index contributed by atoms with van der Waals surface area (Å²) in [5.74, 6) is 0.420. The molecule has 1 heterocycles. The van der Waals surface area contributed by atoms with Crippen LogP contribution in [0.15, 0.2) is 18.2 Å². The van der Waals surface area contributed by atoms with Gasteiger partial charge in [-0.1, -0.05) is 0 Å². The van der Waals surface area contributed by atoms with Crippen molar-refractivity contribution in [3.8, 4) is 0 Å². The summed E-state index contributed by atoms with van der Waals surface area (Å²) in [6.07, 6.45) is 0.624. The molecular weight excluding hydrogens is 302 g/mol. The molecule has 0 radical (unpaired) electrons. The third kappa shape index (κ3) is 4.37. The van der Waals surface area contributed by atoms with Gasteiger partial charge >= 0.3 is 6.03 Å². The molecule has 0 unspecified atom stereocenters. The zero-order valence-electron chi connectivity index (χ0n) is 13.2. The van der Waals surface area contributed by atoms with Crippen molar-refractivity contribution in [2.75, 3.05) is 42.4 Å². The van der Waals surface area contributed by atoms with Gasteiger partial charge in [-0.05, 0) is 43.0 Å². The van der Waals surface area contributed by atoms with E-state index in [0.29, 0.717) is 13.0 Å². The van der Waals surface area contributed by atoms with Gasteiger partial charge in [0.05, 0.1) is 11.5 Å². The second kappa shape index (κ2) is 6.56. The topological polar surface area (TPSA) is 78.5 Å². The van der Waals surface area contributed by atoms with E-state index in [2.05, 4.69) is 10.6 Å². The second-order valence-corrected chi connectivity index (χ2v) is 8.23. The zero-order chi connectivity index (χ0) is 16.3. The second-order valence-electron chi connectivity index (χ2n) is 6.00. The lowest BCUT2D eigenvalue weighted by atomic mass is 10.1. The Kier molecular flexibility index (Phi) is 4.95. The van der Waals surface area contributed by atoms with Crippen LogP contribution < -0.4 is 15.5 Å². The number of anilines is 2. The Morgan fingerprint density at radius 2 is 2.09 bits per heavy atom. The molecule has 1 aliphatic heterocycles. The fourth-order valence-corrected chi connectivity index (χ4v) is 4.36. The minimum absolute atomic E-state index is 0.0213. The van der Waals surface area contributed by atoms with Crippen molar-refractivity contribution in [1.29, 1.82) is 0 Å². The summed E-state index contributed by atoms with van der Waals surface area (Å²) in [6, 6.07) is 5.50. The predicted molar refractivity (Wildman–Crippen MR) is 89.3 cm³/mol. The summed E-state index contributed by atoms with van der Waals surface area (Å²) in [5.41, 5.74) is 2.80. The zero-order valence-corrected chi connectivity index (χ0v) is 14.0. The quantitative estimate of drug-likeness (QED) is 0.882. The Hall–Kier alpha value is -1.76. The maximum Gasteiger partial charge on any atom is 0.319 e. The number of hydrogen-bond acceptors (Lipinski definition) is 4. The van der Waals surface area contributed by atoms with E-state index in [1.807, 2.05) is 44.1 Å². The highest BCUT2D eigenvalue weighted by Gasteiger charge is 2.27. The molecule has 0 bridgehead atoms. The number of carbonyl (C=O) groups excluding carboxylic acids is 1. The maximum atomic E-state index is 11.9. The molecule has 0 spiro atoms. The number of aryl methyl sites for hydroxylation is 1. The highest BCUT2D eigenvalue weighted by Crippen LogP contribution is 2.21. The maximum absolute atomic E-state index is 11.9. The van der Waals surface area contributed by atoms with Gasteiger partial charge in [0.15, 0.2) is 9.84 Å². The number of sulfone groups is 1. The number of rotatable bonds is 4. The Labute approximate surface area is 131 Å². The van der Waals surface area contributed by atoms with Gasteiger partial charge < -0.3 is 15.5 Å². The number of nitrogens with one attached hydrogen (secondary N) is 2. The van der Waals surface area contributed by atoms with Gasteiger partial charge in [-0.15, -0.1) is 0 Å². The van der Waals surface area contributed by atoms with Gasteiger partial charge in [0.25, 0.3) is 0 Å². The number of amides is 2. The molecule has 7 heteroatoms. The first kappa shape index (κ1) is 16.6. The molecule has 2 N–H and O–H groups in total. The van der Waals surface area contributed by atoms with Gasteiger partial charge in [-0.25, -0.2) is 13.2 Å².